The average Bonchev–Trinajstić information content (AvgIpc) is 3.13. The maximum absolute atomic E-state index is 9.15. The zero-order chi connectivity index (χ0) is 38.8. The highest BCUT2D eigenvalue weighted by Gasteiger charge is 2.28. The number of phenols is 1. The zero-order valence-electron chi connectivity index (χ0n) is 34.5. The Balaban J connectivity index is -0.000000557. The van der Waals surface area contributed by atoms with Gasteiger partial charge in [-0.15, -0.1) is 0 Å². The SMILES string of the molecule is CCO[Si](C)(CC)OC.CC[Si](C)(C)OC.CC[Si](C)(Cc1ccc(O)cc1)OC.CC[Si](C)(O)OC.CC[Si](C)(OC)c1ccccc1. The number of phenolic OH excluding ortho intramolecular Hbond substituents is 1. The number of rotatable bonds is 15. The Labute approximate surface area is 307 Å². The van der Waals surface area contributed by atoms with Crippen LogP contribution in [0.4, 0.5) is 0 Å². The Hall–Kier alpha value is -0.956. The van der Waals surface area contributed by atoms with Gasteiger partial charge >= 0.3 is 17.1 Å². The first-order chi connectivity index (χ1) is 22.7. The molecular weight excluding hydrogens is 701 g/mol. The number of benzene rings is 2. The van der Waals surface area contributed by atoms with E-state index in [1.54, 1.807) is 47.1 Å². The third-order valence-electron chi connectivity index (χ3n) is 9.29. The molecule has 2 aromatic carbocycles. The summed E-state index contributed by atoms with van der Waals surface area (Å²) in [7, 11) is 0.594. The molecule has 0 spiro atoms. The summed E-state index contributed by atoms with van der Waals surface area (Å²) in [5, 5.41) is 10.5. The van der Waals surface area contributed by atoms with Crippen LogP contribution in [-0.2, 0) is 32.6 Å². The molecule has 0 saturated carbocycles. The largest absolute Gasteiger partial charge is 0.508 e. The Kier molecular flexibility index (Phi) is 29.6. The van der Waals surface area contributed by atoms with Gasteiger partial charge in [0.05, 0.1) is 0 Å². The van der Waals surface area contributed by atoms with Crippen molar-refractivity contribution in [2.24, 2.45) is 0 Å². The van der Waals surface area contributed by atoms with E-state index >= 15 is 0 Å². The molecule has 8 nitrogen and oxygen atoms in total. The molecule has 0 radical (unpaired) electrons. The van der Waals surface area contributed by atoms with E-state index in [9.17, 15) is 0 Å². The van der Waals surface area contributed by atoms with E-state index in [1.807, 2.05) is 39.2 Å². The summed E-state index contributed by atoms with van der Waals surface area (Å²) in [5.74, 6) is 0.325. The summed E-state index contributed by atoms with van der Waals surface area (Å²) in [4.78, 5) is 9.05. The molecule has 0 fully saturated rings. The molecule has 0 aromatic heterocycles. The van der Waals surface area contributed by atoms with Crippen molar-refractivity contribution in [3.05, 3.63) is 60.2 Å². The van der Waals surface area contributed by atoms with Crippen molar-refractivity contribution in [2.75, 3.05) is 42.2 Å². The zero-order valence-corrected chi connectivity index (χ0v) is 39.5. The van der Waals surface area contributed by atoms with Gasteiger partial charge in [0.2, 0.25) is 8.32 Å². The monoisotopic (exact) mass is 776 g/mol. The van der Waals surface area contributed by atoms with E-state index in [2.05, 4.69) is 84.7 Å². The van der Waals surface area contributed by atoms with Crippen molar-refractivity contribution in [1.29, 1.82) is 0 Å². The molecule has 0 amide bonds. The normalized spacial score (nSPS) is 15.7. The topological polar surface area (TPSA) is 95.8 Å². The highest BCUT2D eigenvalue weighted by atomic mass is 28.4. The molecule has 4 atom stereocenters. The molecule has 2 N–H and O–H groups in total. The van der Waals surface area contributed by atoms with Crippen molar-refractivity contribution < 1.29 is 36.5 Å². The minimum Gasteiger partial charge on any atom is -0.508 e. The van der Waals surface area contributed by atoms with Gasteiger partial charge in [0.15, 0.2) is 16.6 Å². The van der Waals surface area contributed by atoms with Gasteiger partial charge in [0.1, 0.15) is 5.75 Å². The van der Waals surface area contributed by atoms with Gasteiger partial charge in [-0.1, -0.05) is 77.1 Å². The van der Waals surface area contributed by atoms with E-state index in [1.165, 1.54) is 16.8 Å². The van der Waals surface area contributed by atoms with Crippen LogP contribution in [0.3, 0.4) is 0 Å². The van der Waals surface area contributed by atoms with Crippen LogP contribution in [0.2, 0.25) is 69.5 Å². The Morgan fingerprint density at radius 2 is 1.08 bits per heavy atom. The second kappa shape index (κ2) is 27.7. The third kappa shape index (κ3) is 24.8. The fraction of sp³-hybridized carbons (Fsp3) is 0.667. The average molecular weight is 777 g/mol. The first-order valence-electron chi connectivity index (χ1n) is 17.7. The van der Waals surface area contributed by atoms with Crippen molar-refractivity contribution in [2.45, 2.75) is 117 Å². The summed E-state index contributed by atoms with van der Waals surface area (Å²) in [5.41, 5.74) is 1.25. The smallest absolute Gasteiger partial charge is 0.334 e. The molecule has 0 aliphatic carbocycles. The van der Waals surface area contributed by atoms with E-state index in [0.29, 0.717) is 5.75 Å². The predicted octanol–water partition coefficient (Wildman–Crippen LogP) is 9.19. The summed E-state index contributed by atoms with van der Waals surface area (Å²) >= 11 is 0. The van der Waals surface area contributed by atoms with E-state index < -0.39 is 42.1 Å². The van der Waals surface area contributed by atoms with Crippen LogP contribution in [0.5, 0.6) is 5.75 Å². The van der Waals surface area contributed by atoms with Crippen LogP contribution in [0.1, 0.15) is 47.1 Å². The van der Waals surface area contributed by atoms with Gasteiger partial charge in [-0.25, -0.2) is 0 Å². The van der Waals surface area contributed by atoms with E-state index in [-0.39, 0.29) is 0 Å². The predicted molar refractivity (Wildman–Crippen MR) is 223 cm³/mol. The summed E-state index contributed by atoms with van der Waals surface area (Å²) in [6.45, 7) is 26.1. The molecule has 2 aromatic rings. The highest BCUT2D eigenvalue weighted by Crippen LogP contribution is 2.19. The van der Waals surface area contributed by atoms with Gasteiger partial charge in [0.25, 0.3) is 0 Å². The fourth-order valence-corrected chi connectivity index (χ4v) is 8.95. The molecular formula is C36H76O8Si5. The van der Waals surface area contributed by atoms with Gasteiger partial charge in [0, 0.05) is 42.2 Å². The first kappa shape index (κ1) is 52.4. The van der Waals surface area contributed by atoms with Crippen LogP contribution in [0.15, 0.2) is 54.6 Å². The molecule has 4 unspecified atom stereocenters. The van der Waals surface area contributed by atoms with Gasteiger partial charge in [-0.2, -0.15) is 0 Å². The molecule has 13 heteroatoms. The lowest BCUT2D eigenvalue weighted by Gasteiger charge is -2.23. The van der Waals surface area contributed by atoms with Crippen molar-refractivity contribution in [3.63, 3.8) is 0 Å². The molecule has 0 bridgehead atoms. The number of hydrogen-bond donors (Lipinski definition) is 2. The van der Waals surface area contributed by atoms with Crippen LogP contribution in [0, 0.1) is 0 Å². The Morgan fingerprint density at radius 1 is 0.551 bits per heavy atom. The molecule has 0 aliphatic rings. The standard InChI is InChI=1S/C11H18O2Si.C10H16OSi.C6H16O2Si.C5H14OSi.C4H12O2Si/c1-4-14(3,13-2)9-10-5-7-11(12)8-6-10;1-4-12(3,11-2)10-8-6-5-7-9-10;1-5-8-9(4,6-2)7-3;1-5-7(3,4)6-2;1-4-7(3,5)6-2/h5-8,12H,4,9H2,1-3H3;5-9H,4H2,1-3H3;5-6H2,1-4H3;5H2,1-4H3;5H,4H2,1-3H3. The lowest BCUT2D eigenvalue weighted by Crippen LogP contribution is -2.46. The molecule has 0 saturated heterocycles. The van der Waals surface area contributed by atoms with Crippen molar-refractivity contribution >= 4 is 47.3 Å². The molecule has 2 rings (SSSR count). The molecule has 288 valence electrons. The second-order valence-electron chi connectivity index (χ2n) is 13.2. The van der Waals surface area contributed by atoms with Gasteiger partial charge in [-0.05, 0) is 105 Å². The third-order valence-corrected chi connectivity index (χ3v) is 24.8. The highest BCUT2D eigenvalue weighted by molar-refractivity contribution is 6.85. The summed E-state index contributed by atoms with van der Waals surface area (Å²) in [6.07, 6.45) is 0. The first-order valence-corrected chi connectivity index (χ1v) is 31.3. The lowest BCUT2D eigenvalue weighted by atomic mass is 10.2. The second-order valence-corrected chi connectivity index (χ2v) is 33.5. The minimum absolute atomic E-state index is 0.325. The molecule has 0 heterocycles. The van der Waals surface area contributed by atoms with Crippen LogP contribution in [0.25, 0.3) is 0 Å². The summed E-state index contributed by atoms with van der Waals surface area (Å²) < 4.78 is 31.9. The van der Waals surface area contributed by atoms with E-state index in [0.717, 1.165) is 36.8 Å². The van der Waals surface area contributed by atoms with Gasteiger partial charge in [-0.3, -0.25) is 0 Å². The van der Waals surface area contributed by atoms with E-state index in [4.69, 9.17) is 36.5 Å². The maximum Gasteiger partial charge on any atom is 0.334 e. The maximum atomic E-state index is 9.15. The van der Waals surface area contributed by atoms with Gasteiger partial charge < -0.3 is 36.5 Å². The lowest BCUT2D eigenvalue weighted by molar-refractivity contribution is 0.216. The Bertz CT molecular complexity index is 1000. The van der Waals surface area contributed by atoms with Crippen molar-refractivity contribution in [1.82, 2.24) is 0 Å². The Morgan fingerprint density at radius 3 is 1.33 bits per heavy atom. The van der Waals surface area contributed by atoms with Crippen LogP contribution in [-0.4, -0.2) is 94.1 Å². The summed E-state index contributed by atoms with van der Waals surface area (Å²) in [6, 6.07) is 24.2. The number of aromatic hydroxyl groups is 1. The van der Waals surface area contributed by atoms with Crippen LogP contribution < -0.4 is 5.19 Å². The molecule has 0 aliphatic heterocycles. The van der Waals surface area contributed by atoms with Crippen LogP contribution >= 0.6 is 0 Å². The minimum atomic E-state index is -2.15. The fourth-order valence-electron chi connectivity index (χ4n) is 3.54. The van der Waals surface area contributed by atoms with Crippen molar-refractivity contribution in [3.8, 4) is 5.75 Å². The molecule has 49 heavy (non-hydrogen) atoms. The quantitative estimate of drug-likeness (QED) is 0.173. The number of hydrogen-bond acceptors (Lipinski definition) is 8.